The number of imidazole rings is 1. The minimum absolute atomic E-state index is 0.0203. The Balaban J connectivity index is 1.31. The fourth-order valence-corrected chi connectivity index (χ4v) is 5.41. The lowest BCUT2D eigenvalue weighted by atomic mass is 9.90. The van der Waals surface area contributed by atoms with E-state index in [0.29, 0.717) is 37.0 Å². The van der Waals surface area contributed by atoms with Crippen molar-refractivity contribution in [2.24, 2.45) is 0 Å². The molecule has 1 aliphatic rings. The van der Waals surface area contributed by atoms with E-state index in [1.807, 2.05) is 24.4 Å². The number of rotatable bonds is 5. The van der Waals surface area contributed by atoms with Crippen molar-refractivity contribution in [1.82, 2.24) is 28.8 Å². The normalized spacial score (nSPS) is 17.0. The van der Waals surface area contributed by atoms with Crippen LogP contribution in [0.2, 0.25) is 0 Å². The minimum Gasteiger partial charge on any atom is -0.465 e. The largest absolute Gasteiger partial charge is 0.465 e. The Morgan fingerprint density at radius 1 is 1.05 bits per heavy atom. The molecule has 4 heterocycles. The van der Waals surface area contributed by atoms with Gasteiger partial charge < -0.3 is 14.5 Å². The van der Waals surface area contributed by atoms with Crippen LogP contribution in [0.25, 0.3) is 22.4 Å². The monoisotopic (exact) mass is 556 g/mol. The zero-order valence-electron chi connectivity index (χ0n) is 22.0. The van der Waals surface area contributed by atoms with Crippen molar-refractivity contribution in [3.63, 3.8) is 0 Å². The third-order valence-corrected chi connectivity index (χ3v) is 7.41. The van der Waals surface area contributed by atoms with E-state index in [0.717, 1.165) is 16.8 Å². The third kappa shape index (κ3) is 4.77. The molecule has 11 nitrogen and oxygen atoms in total. The number of hydrogen-bond acceptors (Lipinski definition) is 7. The van der Waals surface area contributed by atoms with Crippen LogP contribution in [-0.2, 0) is 4.74 Å². The fraction of sp³-hybridized carbons (Fsp3) is 0.241. The quantitative estimate of drug-likeness (QED) is 0.330. The third-order valence-electron chi connectivity index (χ3n) is 7.41. The molecule has 12 heteroatoms. The number of nitrogens with zero attached hydrogens (tertiary/aromatic N) is 5. The maximum Gasteiger partial charge on any atom is 0.337 e. The lowest BCUT2D eigenvalue weighted by Gasteiger charge is -2.30. The Morgan fingerprint density at radius 3 is 2.61 bits per heavy atom. The molecule has 0 unspecified atom stereocenters. The molecule has 5 aromatic rings. The van der Waals surface area contributed by atoms with Crippen LogP contribution in [0.1, 0.15) is 52.6 Å². The first-order chi connectivity index (χ1) is 19.8. The molecule has 1 N–H and O–H groups in total. The highest BCUT2D eigenvalue weighted by Crippen LogP contribution is 2.28. The highest BCUT2D eigenvalue weighted by Gasteiger charge is 2.28. The zero-order valence-corrected chi connectivity index (χ0v) is 22.0. The molecule has 1 amide bonds. The standard InChI is InChI=1S/C29H25FN6O5/c1-41-28(39)17-5-4-6-21(13-17)35-25-22(14-18(30)15-31-25)27(38)36(29(35)40)20-10-8-19(9-11-20)32-26(37)23-16-34-12-3-2-7-24(34)33-23/h2-7,12-16,19-20H,8-11H2,1H3,(H,32,37)/t19-,20+. The van der Waals surface area contributed by atoms with Crippen LogP contribution >= 0.6 is 0 Å². The summed E-state index contributed by atoms with van der Waals surface area (Å²) in [6.07, 6.45) is 6.31. The number of aromatic nitrogens is 5. The van der Waals surface area contributed by atoms with Gasteiger partial charge in [-0.25, -0.2) is 28.5 Å². The Labute approximate surface area is 231 Å². The number of fused-ring (bicyclic) bond motifs is 2. The molecule has 1 aromatic carbocycles. The second kappa shape index (κ2) is 10.5. The van der Waals surface area contributed by atoms with Crippen LogP contribution in [0.3, 0.4) is 0 Å². The molecule has 0 radical (unpaired) electrons. The number of pyridine rings is 2. The van der Waals surface area contributed by atoms with Gasteiger partial charge in [-0.2, -0.15) is 0 Å². The minimum atomic E-state index is -0.715. The summed E-state index contributed by atoms with van der Waals surface area (Å²) in [5.41, 5.74) is 0.131. The van der Waals surface area contributed by atoms with E-state index in [1.165, 1.54) is 23.8 Å². The number of benzene rings is 1. The number of nitrogens with one attached hydrogen (secondary N) is 1. The Kier molecular flexibility index (Phi) is 6.66. The topological polar surface area (TPSA) is 130 Å². The zero-order chi connectivity index (χ0) is 28.7. The maximum atomic E-state index is 14.2. The Bertz CT molecular complexity index is 1900. The van der Waals surface area contributed by atoms with Gasteiger partial charge in [0.2, 0.25) is 0 Å². The van der Waals surface area contributed by atoms with Crippen LogP contribution in [0.5, 0.6) is 0 Å². The van der Waals surface area contributed by atoms with Crippen molar-refractivity contribution < 1.29 is 18.7 Å². The summed E-state index contributed by atoms with van der Waals surface area (Å²) in [5, 5.41) is 2.95. The number of amides is 1. The first-order valence-electron chi connectivity index (χ1n) is 13.1. The van der Waals surface area contributed by atoms with Gasteiger partial charge in [-0.3, -0.25) is 14.2 Å². The highest BCUT2D eigenvalue weighted by atomic mass is 19.1. The maximum absolute atomic E-state index is 14.2. The van der Waals surface area contributed by atoms with Crippen LogP contribution in [0, 0.1) is 5.82 Å². The van der Waals surface area contributed by atoms with Crippen LogP contribution < -0.4 is 16.6 Å². The van der Waals surface area contributed by atoms with Gasteiger partial charge in [0.25, 0.3) is 11.5 Å². The van der Waals surface area contributed by atoms with Gasteiger partial charge in [-0.1, -0.05) is 12.1 Å². The first-order valence-corrected chi connectivity index (χ1v) is 13.1. The van der Waals surface area contributed by atoms with Gasteiger partial charge in [0.05, 0.1) is 29.9 Å². The molecule has 1 aliphatic carbocycles. The summed E-state index contributed by atoms with van der Waals surface area (Å²) in [6, 6.07) is 12.1. The van der Waals surface area contributed by atoms with Crippen molar-refractivity contribution in [2.45, 2.75) is 37.8 Å². The Morgan fingerprint density at radius 2 is 1.85 bits per heavy atom. The molecule has 1 fully saturated rings. The summed E-state index contributed by atoms with van der Waals surface area (Å²) in [4.78, 5) is 60.8. The number of halogens is 1. The molecule has 4 aromatic heterocycles. The van der Waals surface area contributed by atoms with Gasteiger partial charge in [0.15, 0.2) is 5.65 Å². The van der Waals surface area contributed by atoms with Gasteiger partial charge in [0, 0.05) is 24.5 Å². The van der Waals surface area contributed by atoms with E-state index in [-0.39, 0.29) is 34.2 Å². The number of hydrogen-bond donors (Lipinski definition) is 1. The van der Waals surface area contributed by atoms with Gasteiger partial charge in [-0.05, 0) is 62.1 Å². The average Bonchev–Trinajstić information content (AvgIpc) is 3.43. The fourth-order valence-electron chi connectivity index (χ4n) is 5.41. The second-order valence-corrected chi connectivity index (χ2v) is 9.93. The van der Waals surface area contributed by atoms with Gasteiger partial charge in [0.1, 0.15) is 17.2 Å². The van der Waals surface area contributed by atoms with Crippen molar-refractivity contribution in [3.8, 4) is 5.69 Å². The number of carbonyl (C=O) groups is 2. The van der Waals surface area contributed by atoms with Crippen molar-refractivity contribution >= 4 is 28.6 Å². The van der Waals surface area contributed by atoms with E-state index in [1.54, 1.807) is 22.7 Å². The summed E-state index contributed by atoms with van der Waals surface area (Å²) in [5.74, 6) is -1.61. The first kappa shape index (κ1) is 26.1. The molecule has 1 saturated carbocycles. The molecule has 208 valence electrons. The smallest absolute Gasteiger partial charge is 0.337 e. The predicted octanol–water partition coefficient (Wildman–Crippen LogP) is 3.03. The molecule has 0 saturated heterocycles. The summed E-state index contributed by atoms with van der Waals surface area (Å²) in [6.45, 7) is 0. The molecule has 0 atom stereocenters. The van der Waals surface area contributed by atoms with E-state index in [4.69, 9.17) is 4.74 Å². The van der Waals surface area contributed by atoms with E-state index in [2.05, 4.69) is 15.3 Å². The lowest BCUT2D eigenvalue weighted by Crippen LogP contribution is -2.45. The van der Waals surface area contributed by atoms with Crippen LogP contribution in [-0.4, -0.2) is 48.5 Å². The van der Waals surface area contributed by atoms with Crippen molar-refractivity contribution in [2.75, 3.05) is 7.11 Å². The Hall–Kier alpha value is -5.13. The van der Waals surface area contributed by atoms with Crippen LogP contribution in [0.15, 0.2) is 76.7 Å². The molecule has 0 aliphatic heterocycles. The van der Waals surface area contributed by atoms with Gasteiger partial charge in [-0.15, -0.1) is 0 Å². The lowest BCUT2D eigenvalue weighted by molar-refractivity contribution is 0.0600. The molecule has 6 rings (SSSR count). The summed E-state index contributed by atoms with van der Waals surface area (Å²) in [7, 11) is 1.25. The number of esters is 1. The molecular formula is C29H25FN6O5. The van der Waals surface area contributed by atoms with Gasteiger partial charge >= 0.3 is 11.7 Å². The average molecular weight is 557 g/mol. The molecule has 0 spiro atoms. The number of carbonyl (C=O) groups excluding carboxylic acids is 2. The SMILES string of the molecule is COC(=O)c1cccc(-n2c(=O)n([C@H]3CC[C@@H](NC(=O)c4cn5ccccc5n4)CC3)c(=O)c3cc(F)cnc32)c1. The predicted molar refractivity (Wildman–Crippen MR) is 147 cm³/mol. The van der Waals surface area contributed by atoms with E-state index >= 15 is 0 Å². The van der Waals surface area contributed by atoms with Crippen molar-refractivity contribution in [1.29, 1.82) is 0 Å². The summed E-state index contributed by atoms with van der Waals surface area (Å²) < 4.78 is 23.1. The van der Waals surface area contributed by atoms with Crippen molar-refractivity contribution in [3.05, 3.63) is 105 Å². The van der Waals surface area contributed by atoms with E-state index < -0.39 is 29.1 Å². The highest BCUT2D eigenvalue weighted by molar-refractivity contribution is 5.93. The van der Waals surface area contributed by atoms with Crippen LogP contribution in [0.4, 0.5) is 4.39 Å². The van der Waals surface area contributed by atoms with E-state index in [9.17, 15) is 23.6 Å². The second-order valence-electron chi connectivity index (χ2n) is 9.93. The molecule has 0 bridgehead atoms. The number of ether oxygens (including phenoxy) is 1. The number of methoxy groups -OCH3 is 1. The summed E-state index contributed by atoms with van der Waals surface area (Å²) >= 11 is 0. The molecule has 41 heavy (non-hydrogen) atoms. The molecular weight excluding hydrogens is 531 g/mol.